The fraction of sp³-hybridized carbons (Fsp3) is 0.357. The van der Waals surface area contributed by atoms with Crippen LogP contribution in [-0.2, 0) is 10.0 Å². The highest BCUT2D eigenvalue weighted by molar-refractivity contribution is 7.89. The van der Waals surface area contributed by atoms with Gasteiger partial charge in [-0.3, -0.25) is 0 Å². The van der Waals surface area contributed by atoms with Gasteiger partial charge >= 0.3 is 0 Å². The highest BCUT2D eigenvalue weighted by Crippen LogP contribution is 2.25. The summed E-state index contributed by atoms with van der Waals surface area (Å²) < 4.78 is 27.6. The van der Waals surface area contributed by atoms with Gasteiger partial charge in [-0.25, -0.2) is 18.1 Å². The number of nitrogens with zero attached hydrogens (tertiary/aromatic N) is 1. The standard InChI is InChI=1S/C14H18ClN3O2S/c1-3-11(8-16)18-21(19,20)12-6-4-5-10-7-9(2)14(15)17-13(10)12/h4-7,11,18H,3,8,16H2,1-2H3. The fourth-order valence-electron chi connectivity index (χ4n) is 2.05. The fourth-order valence-corrected chi connectivity index (χ4v) is 3.70. The minimum Gasteiger partial charge on any atom is -0.329 e. The molecule has 2 aromatic rings. The molecule has 0 bridgehead atoms. The van der Waals surface area contributed by atoms with Crippen LogP contribution in [0, 0.1) is 6.92 Å². The normalized spacial score (nSPS) is 13.5. The van der Waals surface area contributed by atoms with E-state index in [2.05, 4.69) is 9.71 Å². The van der Waals surface area contributed by atoms with E-state index in [0.29, 0.717) is 17.1 Å². The topological polar surface area (TPSA) is 85.1 Å². The second kappa shape index (κ2) is 6.27. The highest BCUT2D eigenvalue weighted by Gasteiger charge is 2.21. The lowest BCUT2D eigenvalue weighted by Crippen LogP contribution is -2.39. The van der Waals surface area contributed by atoms with Crippen molar-refractivity contribution in [2.75, 3.05) is 6.54 Å². The summed E-state index contributed by atoms with van der Waals surface area (Å²) in [5, 5.41) is 1.04. The summed E-state index contributed by atoms with van der Waals surface area (Å²) >= 11 is 6.02. The molecule has 7 heteroatoms. The third kappa shape index (κ3) is 3.35. The summed E-state index contributed by atoms with van der Waals surface area (Å²) in [7, 11) is -3.69. The van der Waals surface area contributed by atoms with E-state index in [0.717, 1.165) is 10.9 Å². The first-order valence-corrected chi connectivity index (χ1v) is 8.53. The first-order chi connectivity index (χ1) is 9.89. The lowest BCUT2D eigenvalue weighted by molar-refractivity contribution is 0.543. The minimum absolute atomic E-state index is 0.119. The van der Waals surface area contributed by atoms with Crippen molar-refractivity contribution in [1.29, 1.82) is 0 Å². The van der Waals surface area contributed by atoms with E-state index in [1.54, 1.807) is 6.07 Å². The number of fused-ring (bicyclic) bond motifs is 1. The lowest BCUT2D eigenvalue weighted by atomic mass is 10.2. The summed E-state index contributed by atoms with van der Waals surface area (Å²) in [6.07, 6.45) is 0.619. The molecule has 0 aliphatic rings. The number of nitrogens with one attached hydrogen (secondary N) is 1. The number of aromatic nitrogens is 1. The Labute approximate surface area is 129 Å². The molecular formula is C14H18ClN3O2S. The van der Waals surface area contributed by atoms with Crippen molar-refractivity contribution in [1.82, 2.24) is 9.71 Å². The molecule has 0 amide bonds. The van der Waals surface area contributed by atoms with Crippen molar-refractivity contribution in [3.63, 3.8) is 0 Å². The zero-order chi connectivity index (χ0) is 15.6. The van der Waals surface area contributed by atoms with Gasteiger partial charge in [0, 0.05) is 18.0 Å². The quantitative estimate of drug-likeness (QED) is 0.824. The Balaban J connectivity index is 2.58. The van der Waals surface area contributed by atoms with Gasteiger partial charge in [0.2, 0.25) is 10.0 Å². The Hall–Kier alpha value is -1.21. The van der Waals surface area contributed by atoms with Gasteiger partial charge in [0.05, 0.1) is 5.52 Å². The molecule has 0 radical (unpaired) electrons. The van der Waals surface area contributed by atoms with Crippen LogP contribution >= 0.6 is 11.6 Å². The molecule has 5 nitrogen and oxygen atoms in total. The summed E-state index contributed by atoms with van der Waals surface area (Å²) in [6, 6.07) is 6.54. The molecule has 1 aromatic heterocycles. The number of aryl methyl sites for hydroxylation is 1. The lowest BCUT2D eigenvalue weighted by Gasteiger charge is -2.16. The van der Waals surface area contributed by atoms with Crippen LogP contribution in [0.1, 0.15) is 18.9 Å². The largest absolute Gasteiger partial charge is 0.329 e. The van der Waals surface area contributed by atoms with Crippen LogP contribution in [0.15, 0.2) is 29.2 Å². The zero-order valence-electron chi connectivity index (χ0n) is 11.9. The molecule has 2 rings (SSSR count). The Morgan fingerprint density at radius 3 is 2.76 bits per heavy atom. The molecule has 1 unspecified atom stereocenters. The molecule has 0 aliphatic carbocycles. The maximum atomic E-state index is 12.5. The van der Waals surface area contributed by atoms with Gasteiger partial charge in [0.15, 0.2) is 0 Å². The Kier molecular flexibility index (Phi) is 4.83. The number of hydrogen-bond donors (Lipinski definition) is 2. The molecule has 0 saturated heterocycles. The van der Waals surface area contributed by atoms with E-state index < -0.39 is 10.0 Å². The maximum Gasteiger partial charge on any atom is 0.243 e. The van der Waals surface area contributed by atoms with Crippen molar-refractivity contribution < 1.29 is 8.42 Å². The van der Waals surface area contributed by atoms with Crippen LogP contribution in [-0.4, -0.2) is 26.0 Å². The van der Waals surface area contributed by atoms with E-state index in [1.807, 2.05) is 26.0 Å². The van der Waals surface area contributed by atoms with Crippen LogP contribution in [0.2, 0.25) is 5.15 Å². The molecular weight excluding hydrogens is 310 g/mol. The third-order valence-corrected chi connectivity index (χ3v) is 5.26. The molecule has 21 heavy (non-hydrogen) atoms. The molecule has 114 valence electrons. The van der Waals surface area contributed by atoms with E-state index >= 15 is 0 Å². The molecule has 1 atom stereocenters. The zero-order valence-corrected chi connectivity index (χ0v) is 13.5. The van der Waals surface area contributed by atoms with Crippen LogP contribution in [0.3, 0.4) is 0 Å². The number of halogens is 1. The van der Waals surface area contributed by atoms with Gasteiger partial charge < -0.3 is 5.73 Å². The van der Waals surface area contributed by atoms with Gasteiger partial charge in [-0.1, -0.05) is 30.7 Å². The maximum absolute atomic E-state index is 12.5. The average molecular weight is 328 g/mol. The second-order valence-electron chi connectivity index (χ2n) is 4.89. The first kappa shape index (κ1) is 16.2. The van der Waals surface area contributed by atoms with E-state index in [9.17, 15) is 8.42 Å². The molecule has 0 saturated carbocycles. The number of nitrogens with two attached hydrogens (primary N) is 1. The monoisotopic (exact) mass is 327 g/mol. The second-order valence-corrected chi connectivity index (χ2v) is 6.93. The van der Waals surface area contributed by atoms with Crippen LogP contribution in [0.4, 0.5) is 0 Å². The predicted octanol–water partition coefficient (Wildman–Crippen LogP) is 2.21. The number of rotatable bonds is 5. The van der Waals surface area contributed by atoms with Gasteiger partial charge in [-0.05, 0) is 31.0 Å². The smallest absolute Gasteiger partial charge is 0.243 e. The van der Waals surface area contributed by atoms with E-state index in [1.165, 1.54) is 6.07 Å². The van der Waals surface area contributed by atoms with Crippen LogP contribution in [0.5, 0.6) is 0 Å². The molecule has 0 fully saturated rings. The summed E-state index contributed by atoms with van der Waals surface area (Å²) in [5.74, 6) is 0. The Morgan fingerprint density at radius 2 is 2.14 bits per heavy atom. The first-order valence-electron chi connectivity index (χ1n) is 6.67. The van der Waals surface area contributed by atoms with Crippen molar-refractivity contribution in [2.45, 2.75) is 31.2 Å². The summed E-state index contributed by atoms with van der Waals surface area (Å²) in [5.41, 5.74) is 6.74. The van der Waals surface area contributed by atoms with Crippen molar-refractivity contribution >= 4 is 32.5 Å². The van der Waals surface area contributed by atoms with Gasteiger partial charge in [-0.2, -0.15) is 0 Å². The number of sulfonamides is 1. The molecule has 0 spiro atoms. The van der Waals surface area contributed by atoms with Crippen molar-refractivity contribution in [3.05, 3.63) is 35.0 Å². The van der Waals surface area contributed by atoms with Gasteiger partial charge in [-0.15, -0.1) is 0 Å². The van der Waals surface area contributed by atoms with Crippen molar-refractivity contribution in [2.24, 2.45) is 5.73 Å². The molecule has 0 aliphatic heterocycles. The predicted molar refractivity (Wildman–Crippen MR) is 84.9 cm³/mol. The van der Waals surface area contributed by atoms with Crippen LogP contribution < -0.4 is 10.5 Å². The SMILES string of the molecule is CCC(CN)NS(=O)(=O)c1cccc2cc(C)c(Cl)nc12. The number of benzene rings is 1. The summed E-state index contributed by atoms with van der Waals surface area (Å²) in [6.45, 7) is 3.95. The van der Waals surface area contributed by atoms with Crippen LogP contribution in [0.25, 0.3) is 10.9 Å². The molecule has 1 aromatic carbocycles. The number of para-hydroxylation sites is 1. The van der Waals surface area contributed by atoms with Gasteiger partial charge in [0.25, 0.3) is 0 Å². The summed E-state index contributed by atoms with van der Waals surface area (Å²) in [4.78, 5) is 4.33. The number of pyridine rings is 1. The molecule has 3 N–H and O–H groups in total. The Morgan fingerprint density at radius 1 is 1.43 bits per heavy atom. The highest BCUT2D eigenvalue weighted by atomic mass is 35.5. The average Bonchev–Trinajstić information content (AvgIpc) is 2.45. The minimum atomic E-state index is -3.69. The number of hydrogen-bond acceptors (Lipinski definition) is 4. The van der Waals surface area contributed by atoms with Crippen molar-refractivity contribution in [3.8, 4) is 0 Å². The third-order valence-electron chi connectivity index (χ3n) is 3.33. The van der Waals surface area contributed by atoms with E-state index in [4.69, 9.17) is 17.3 Å². The van der Waals surface area contributed by atoms with E-state index in [-0.39, 0.29) is 17.5 Å². The Bertz CT molecular complexity index is 758. The molecule has 1 heterocycles. The van der Waals surface area contributed by atoms with Gasteiger partial charge in [0.1, 0.15) is 10.0 Å².